The van der Waals surface area contributed by atoms with E-state index in [2.05, 4.69) is 0 Å². The summed E-state index contributed by atoms with van der Waals surface area (Å²) in [6.07, 6.45) is -2.21. The van der Waals surface area contributed by atoms with Gasteiger partial charge in [-0.15, -0.1) is 0 Å². The number of fused-ring (bicyclic) bond motifs is 1. The van der Waals surface area contributed by atoms with Crippen LogP contribution in [0.5, 0.6) is 23.0 Å². The van der Waals surface area contributed by atoms with Crippen molar-refractivity contribution in [3.05, 3.63) is 76.8 Å². The van der Waals surface area contributed by atoms with Crippen LogP contribution >= 0.6 is 0 Å². The third-order valence-corrected chi connectivity index (χ3v) is 7.21. The number of esters is 1. The van der Waals surface area contributed by atoms with E-state index in [9.17, 15) is 45.6 Å². The van der Waals surface area contributed by atoms with Crippen molar-refractivity contribution in [3.8, 4) is 23.0 Å². The lowest BCUT2D eigenvalue weighted by atomic mass is 9.89. The molecule has 2 saturated heterocycles. The molecule has 0 aromatic heterocycles. The van der Waals surface area contributed by atoms with Gasteiger partial charge in [0.1, 0.15) is 29.3 Å². The molecule has 2 aromatic carbocycles. The molecular weight excluding hydrogens is 556 g/mol. The van der Waals surface area contributed by atoms with Gasteiger partial charge in [0, 0.05) is 30.1 Å². The smallest absolute Gasteiger partial charge is 0.331 e. The predicted molar refractivity (Wildman–Crippen MR) is 142 cm³/mol. The molecule has 0 amide bonds. The molecule has 13 heteroatoms. The summed E-state index contributed by atoms with van der Waals surface area (Å²) in [5, 5.41) is 79.8. The molecule has 2 aromatic rings. The van der Waals surface area contributed by atoms with Gasteiger partial charge in [0.05, 0.1) is 19.3 Å². The number of carbonyl (C=O) groups excluding carboxylic acids is 1. The van der Waals surface area contributed by atoms with Crippen molar-refractivity contribution in [1.29, 1.82) is 0 Å². The molecule has 0 spiro atoms. The third kappa shape index (κ3) is 5.86. The normalized spacial score (nSPS) is 29.1. The second-order valence-electron chi connectivity index (χ2n) is 10.3. The van der Waals surface area contributed by atoms with E-state index in [1.54, 1.807) is 0 Å². The summed E-state index contributed by atoms with van der Waals surface area (Å²) < 4.78 is 23.1. The fraction of sp³-hybridized carbons (Fsp3) is 0.345. The second kappa shape index (κ2) is 11.5. The topological polar surface area (TPSA) is 216 Å². The summed E-state index contributed by atoms with van der Waals surface area (Å²) in [5.74, 6) is -1.95. The van der Waals surface area contributed by atoms with Crippen LogP contribution in [-0.2, 0) is 23.7 Å². The number of carbonyl (C=O) groups is 1. The van der Waals surface area contributed by atoms with Crippen molar-refractivity contribution in [3.63, 3.8) is 0 Å². The standard InChI is InChI=1S/C29H30O13/c30-12-29(38)13-39-28(27(29)37)42-23-10-16(31)9-22-17(23)11-24(26(41-22)15-3-5-19(33)21(35)8-15)40-25(36)6-2-14-1-4-18(32)20(34)7-14/h1-9,16,24,26-28,30-35,37-38H,10-13H2/b6-2+/t16?,24-,26+,27?,28?,29?/m0/s1. The minimum atomic E-state index is -1.93. The Balaban J connectivity index is 1.44. The minimum absolute atomic E-state index is 0.00709. The van der Waals surface area contributed by atoms with E-state index in [1.165, 1.54) is 48.6 Å². The van der Waals surface area contributed by atoms with Crippen LogP contribution in [0.4, 0.5) is 0 Å². The third-order valence-electron chi connectivity index (χ3n) is 7.21. The van der Waals surface area contributed by atoms with Crippen molar-refractivity contribution < 1.29 is 64.6 Å². The van der Waals surface area contributed by atoms with Gasteiger partial charge in [-0.25, -0.2) is 4.79 Å². The van der Waals surface area contributed by atoms with Gasteiger partial charge in [0.2, 0.25) is 6.29 Å². The maximum atomic E-state index is 12.9. The van der Waals surface area contributed by atoms with Crippen molar-refractivity contribution in [1.82, 2.24) is 0 Å². The quantitative estimate of drug-likeness (QED) is 0.129. The van der Waals surface area contributed by atoms with E-state index in [0.29, 0.717) is 16.7 Å². The number of allylic oxidation sites excluding steroid dienone is 1. The molecule has 0 radical (unpaired) electrons. The number of aromatic hydroxyl groups is 4. The Bertz CT molecular complexity index is 1450. The number of aliphatic hydroxyl groups is 4. The second-order valence-corrected chi connectivity index (χ2v) is 10.3. The molecule has 5 rings (SSSR count). The Labute approximate surface area is 239 Å². The van der Waals surface area contributed by atoms with Crippen molar-refractivity contribution in [2.75, 3.05) is 13.2 Å². The molecule has 0 bridgehead atoms. The monoisotopic (exact) mass is 586 g/mol. The number of aliphatic hydroxyl groups excluding tert-OH is 3. The Morgan fingerprint density at radius 3 is 2.38 bits per heavy atom. The van der Waals surface area contributed by atoms with E-state index < -0.39 is 61.2 Å². The molecule has 1 aliphatic carbocycles. The minimum Gasteiger partial charge on any atom is -0.504 e. The SMILES string of the molecule is O=C(/C=C/c1ccc(O)c(O)c1)O[C@H]1CC2=C(OC3OCC(O)(CO)C3O)CC(O)C=C2O[C@@H]1c1ccc(O)c(O)c1. The van der Waals surface area contributed by atoms with Gasteiger partial charge in [-0.3, -0.25) is 0 Å². The molecule has 8 N–H and O–H groups in total. The summed E-state index contributed by atoms with van der Waals surface area (Å²) in [5.41, 5.74) is -0.791. The first-order valence-corrected chi connectivity index (χ1v) is 13.0. The summed E-state index contributed by atoms with van der Waals surface area (Å²) in [6, 6.07) is 7.95. The lowest BCUT2D eigenvalue weighted by Gasteiger charge is -2.38. The maximum absolute atomic E-state index is 12.9. The fourth-order valence-corrected chi connectivity index (χ4v) is 4.88. The van der Waals surface area contributed by atoms with Crippen LogP contribution in [0.3, 0.4) is 0 Å². The maximum Gasteiger partial charge on any atom is 0.331 e. The summed E-state index contributed by atoms with van der Waals surface area (Å²) >= 11 is 0. The van der Waals surface area contributed by atoms with Crippen molar-refractivity contribution in [2.24, 2.45) is 0 Å². The van der Waals surface area contributed by atoms with E-state index in [-0.39, 0.29) is 41.6 Å². The number of ether oxygens (including phenoxy) is 4. The van der Waals surface area contributed by atoms with Gasteiger partial charge in [-0.2, -0.15) is 0 Å². The molecule has 2 heterocycles. The highest BCUT2D eigenvalue weighted by atomic mass is 16.7. The summed E-state index contributed by atoms with van der Waals surface area (Å²) in [6.45, 7) is -1.16. The Morgan fingerprint density at radius 2 is 1.71 bits per heavy atom. The number of phenols is 4. The highest BCUT2D eigenvalue weighted by Crippen LogP contribution is 2.45. The number of rotatable bonds is 7. The van der Waals surface area contributed by atoms with Gasteiger partial charge in [0.15, 0.2) is 29.1 Å². The van der Waals surface area contributed by atoms with E-state index in [1.807, 2.05) is 0 Å². The first-order valence-electron chi connectivity index (χ1n) is 13.0. The average Bonchev–Trinajstić information content (AvgIpc) is 3.24. The summed E-state index contributed by atoms with van der Waals surface area (Å²) in [7, 11) is 0. The first kappa shape index (κ1) is 29.2. The van der Waals surface area contributed by atoms with Gasteiger partial charge in [-0.1, -0.05) is 12.1 Å². The van der Waals surface area contributed by atoms with Crippen LogP contribution in [-0.4, -0.2) is 90.2 Å². The lowest BCUT2D eigenvalue weighted by molar-refractivity contribution is -0.154. The zero-order valence-corrected chi connectivity index (χ0v) is 22.0. The Morgan fingerprint density at radius 1 is 1.00 bits per heavy atom. The van der Waals surface area contributed by atoms with Crippen LogP contribution in [0.1, 0.15) is 30.1 Å². The lowest BCUT2D eigenvalue weighted by Crippen LogP contribution is -2.47. The van der Waals surface area contributed by atoms with E-state index in [0.717, 1.165) is 6.08 Å². The molecule has 6 atom stereocenters. The largest absolute Gasteiger partial charge is 0.504 e. The van der Waals surface area contributed by atoms with Crippen molar-refractivity contribution in [2.45, 2.75) is 49.1 Å². The van der Waals surface area contributed by atoms with Crippen LogP contribution in [0, 0.1) is 0 Å². The summed E-state index contributed by atoms with van der Waals surface area (Å²) in [4.78, 5) is 12.9. The molecule has 224 valence electrons. The molecule has 42 heavy (non-hydrogen) atoms. The van der Waals surface area contributed by atoms with Gasteiger partial charge in [0.25, 0.3) is 0 Å². The molecule has 4 unspecified atom stereocenters. The highest BCUT2D eigenvalue weighted by molar-refractivity contribution is 5.87. The highest BCUT2D eigenvalue weighted by Gasteiger charge is 2.50. The Kier molecular flexibility index (Phi) is 8.03. The number of hydrogen-bond acceptors (Lipinski definition) is 13. The average molecular weight is 587 g/mol. The molecule has 13 nitrogen and oxygen atoms in total. The zero-order valence-electron chi connectivity index (χ0n) is 22.0. The van der Waals surface area contributed by atoms with Gasteiger partial charge >= 0.3 is 5.97 Å². The van der Waals surface area contributed by atoms with Gasteiger partial charge in [-0.05, 0) is 42.0 Å². The number of phenolic OH excluding ortho intramolecular Hbond substituents is 4. The number of hydrogen-bond donors (Lipinski definition) is 8. The molecule has 0 saturated carbocycles. The van der Waals surface area contributed by atoms with Crippen molar-refractivity contribution >= 4 is 12.0 Å². The molecule has 2 fully saturated rings. The Hall–Kier alpha value is -4.27. The van der Waals surface area contributed by atoms with E-state index in [4.69, 9.17) is 18.9 Å². The van der Waals surface area contributed by atoms with Gasteiger partial charge < -0.3 is 59.8 Å². The van der Waals surface area contributed by atoms with E-state index >= 15 is 0 Å². The predicted octanol–water partition coefficient (Wildman–Crippen LogP) is 0.955. The molecule has 3 aliphatic rings. The molecule has 2 aliphatic heterocycles. The fourth-order valence-electron chi connectivity index (χ4n) is 4.88. The zero-order chi connectivity index (χ0) is 30.2. The number of benzene rings is 2. The van der Waals surface area contributed by atoms with Crippen LogP contribution < -0.4 is 0 Å². The van der Waals surface area contributed by atoms with Crippen LogP contribution in [0.25, 0.3) is 6.08 Å². The van der Waals surface area contributed by atoms with Crippen LogP contribution in [0.15, 0.2) is 65.6 Å². The first-order chi connectivity index (χ1) is 20.0. The van der Waals surface area contributed by atoms with Crippen LogP contribution in [0.2, 0.25) is 0 Å². The molecular formula is C29H30O13.